The lowest BCUT2D eigenvalue weighted by Gasteiger charge is -2.40. The second-order valence-electron chi connectivity index (χ2n) is 16.5. The minimum atomic E-state index is -3.80. The van der Waals surface area contributed by atoms with Crippen LogP contribution in [0.25, 0.3) is 0 Å². The van der Waals surface area contributed by atoms with Gasteiger partial charge < -0.3 is 19.7 Å². The average molecular weight is 867 g/mol. The van der Waals surface area contributed by atoms with E-state index in [1.54, 1.807) is 24.3 Å². The number of β-amino-alcohol motifs (C(OH)–C–C–N with tert-alkyl or cyclic N) is 2. The lowest BCUT2D eigenvalue weighted by molar-refractivity contribution is 0.0400. The molecular formula is C52H58N4O6S. The van der Waals surface area contributed by atoms with Gasteiger partial charge in [-0.05, 0) is 70.8 Å². The van der Waals surface area contributed by atoms with Crippen LogP contribution >= 0.6 is 0 Å². The zero-order chi connectivity index (χ0) is 43.4. The normalized spacial score (nSPS) is 16.8. The van der Waals surface area contributed by atoms with Gasteiger partial charge in [-0.3, -0.25) is 19.6 Å². The number of aliphatic hydroxyl groups excluding tert-OH is 2. The summed E-state index contributed by atoms with van der Waals surface area (Å²) >= 11 is 0. The Morgan fingerprint density at radius 2 is 0.698 bits per heavy atom. The Balaban J connectivity index is 0.759. The summed E-state index contributed by atoms with van der Waals surface area (Å²) in [6.07, 6.45) is -1.40. The number of ether oxygens (including phenoxy) is 2. The topological polar surface area (TPSA) is 106 Å². The molecule has 0 aromatic heterocycles. The molecule has 63 heavy (non-hydrogen) atoms. The molecule has 0 amide bonds. The number of nitrogens with zero attached hydrogens (tertiary/aromatic N) is 4. The van der Waals surface area contributed by atoms with Gasteiger partial charge in [-0.15, -0.1) is 0 Å². The van der Waals surface area contributed by atoms with Crippen LogP contribution in [-0.2, 0) is 9.84 Å². The molecule has 0 unspecified atom stereocenters. The molecule has 2 saturated heterocycles. The lowest BCUT2D eigenvalue weighted by atomic mass is 9.96. The summed E-state index contributed by atoms with van der Waals surface area (Å²) < 4.78 is 38.8. The summed E-state index contributed by atoms with van der Waals surface area (Å²) in [5.74, 6) is 0.971. The van der Waals surface area contributed by atoms with E-state index in [0.717, 1.165) is 52.4 Å². The fourth-order valence-corrected chi connectivity index (χ4v) is 10.1. The van der Waals surface area contributed by atoms with Crippen molar-refractivity contribution in [1.29, 1.82) is 0 Å². The van der Waals surface area contributed by atoms with Crippen LogP contribution in [0.4, 0.5) is 0 Å². The first-order valence-electron chi connectivity index (χ1n) is 22.0. The molecular weight excluding hydrogens is 809 g/mol. The van der Waals surface area contributed by atoms with Gasteiger partial charge in [0.2, 0.25) is 9.84 Å². The van der Waals surface area contributed by atoms with Crippen molar-refractivity contribution in [2.45, 2.75) is 34.1 Å². The Bertz CT molecular complexity index is 2140. The highest BCUT2D eigenvalue weighted by Crippen LogP contribution is 2.31. The molecule has 0 radical (unpaired) electrons. The highest BCUT2D eigenvalue weighted by molar-refractivity contribution is 7.91. The second-order valence-corrected chi connectivity index (χ2v) is 18.4. The van der Waals surface area contributed by atoms with Crippen LogP contribution in [0.15, 0.2) is 180 Å². The number of piperazine rings is 2. The average Bonchev–Trinajstić information content (AvgIpc) is 3.33. The predicted octanol–water partition coefficient (Wildman–Crippen LogP) is 6.81. The van der Waals surface area contributed by atoms with E-state index in [0.29, 0.717) is 24.6 Å². The summed E-state index contributed by atoms with van der Waals surface area (Å²) in [6, 6.07) is 55.3. The highest BCUT2D eigenvalue weighted by atomic mass is 32.2. The Morgan fingerprint density at radius 3 is 0.984 bits per heavy atom. The molecule has 8 rings (SSSR count). The van der Waals surface area contributed by atoms with Crippen LogP contribution in [0.3, 0.4) is 0 Å². The Hall–Kier alpha value is -5.37. The molecule has 328 valence electrons. The zero-order valence-electron chi connectivity index (χ0n) is 35.7. The van der Waals surface area contributed by atoms with E-state index in [1.807, 2.05) is 24.3 Å². The van der Waals surface area contributed by atoms with E-state index in [9.17, 15) is 18.6 Å². The summed E-state index contributed by atoms with van der Waals surface area (Å²) in [7, 11) is -3.80. The van der Waals surface area contributed by atoms with Gasteiger partial charge >= 0.3 is 0 Å². The Kier molecular flexibility index (Phi) is 15.0. The number of aliphatic hydroxyl groups is 2. The monoisotopic (exact) mass is 866 g/mol. The molecule has 10 nitrogen and oxygen atoms in total. The third-order valence-electron chi connectivity index (χ3n) is 12.1. The fraction of sp³-hybridized carbons (Fsp3) is 0.308. The first-order chi connectivity index (χ1) is 30.8. The van der Waals surface area contributed by atoms with Crippen molar-refractivity contribution in [3.63, 3.8) is 0 Å². The first kappa shape index (κ1) is 44.2. The van der Waals surface area contributed by atoms with Crippen molar-refractivity contribution in [3.8, 4) is 11.5 Å². The number of benzene rings is 6. The predicted molar refractivity (Wildman–Crippen MR) is 247 cm³/mol. The molecule has 2 atom stereocenters. The number of hydrogen-bond donors (Lipinski definition) is 2. The van der Waals surface area contributed by atoms with Crippen molar-refractivity contribution in [2.75, 3.05) is 78.7 Å². The van der Waals surface area contributed by atoms with Crippen LogP contribution < -0.4 is 9.47 Å². The maximum atomic E-state index is 13.5. The van der Waals surface area contributed by atoms with E-state index < -0.39 is 22.0 Å². The zero-order valence-corrected chi connectivity index (χ0v) is 36.5. The molecule has 0 saturated carbocycles. The molecule has 6 aromatic carbocycles. The van der Waals surface area contributed by atoms with E-state index in [4.69, 9.17) is 9.47 Å². The molecule has 2 N–H and O–H groups in total. The summed E-state index contributed by atoms with van der Waals surface area (Å²) in [4.78, 5) is 9.82. The van der Waals surface area contributed by atoms with E-state index >= 15 is 0 Å². The van der Waals surface area contributed by atoms with Crippen molar-refractivity contribution >= 4 is 9.84 Å². The molecule has 0 aliphatic carbocycles. The summed E-state index contributed by atoms with van der Waals surface area (Å²) in [6.45, 7) is 8.01. The number of rotatable bonds is 18. The van der Waals surface area contributed by atoms with Crippen molar-refractivity contribution in [3.05, 3.63) is 192 Å². The standard InChI is InChI=1S/C52H58N4O6S/c57-45(37-53-29-33-55(34-30-53)51(41-13-5-1-6-14-41)42-15-7-2-8-16-42)39-61-47-21-25-49(26-22-47)63(59,60)50-27-23-48(24-28-50)62-40-46(58)38-54-31-35-56(36-32-54)52(43-17-9-3-10-18-43)44-19-11-4-12-20-44/h1-28,45-46,51-52,57-58H,29-40H2/t45-,46-/m0/s1. The smallest absolute Gasteiger partial charge is 0.206 e. The maximum Gasteiger partial charge on any atom is 0.206 e. The molecule has 2 aliphatic heterocycles. The van der Waals surface area contributed by atoms with Crippen molar-refractivity contribution in [1.82, 2.24) is 19.6 Å². The van der Waals surface area contributed by atoms with Gasteiger partial charge in [0.15, 0.2) is 0 Å². The lowest BCUT2D eigenvalue weighted by Crippen LogP contribution is -2.50. The van der Waals surface area contributed by atoms with Gasteiger partial charge in [0, 0.05) is 65.4 Å². The van der Waals surface area contributed by atoms with Crippen LogP contribution in [0, 0.1) is 0 Å². The SMILES string of the molecule is O=S(=O)(c1ccc(OC[C@@H](O)CN2CCN(C(c3ccccc3)c3ccccc3)CC2)cc1)c1ccc(OC[C@@H](O)CN2CCN(C(c3ccccc3)c3ccccc3)CC2)cc1. The number of sulfone groups is 1. The van der Waals surface area contributed by atoms with E-state index in [1.165, 1.54) is 46.5 Å². The highest BCUT2D eigenvalue weighted by Gasteiger charge is 2.29. The first-order valence-corrected chi connectivity index (χ1v) is 23.5. The van der Waals surface area contributed by atoms with Crippen LogP contribution in [0.1, 0.15) is 34.3 Å². The van der Waals surface area contributed by atoms with Crippen LogP contribution in [0.5, 0.6) is 11.5 Å². The van der Waals surface area contributed by atoms with Crippen LogP contribution in [-0.4, -0.2) is 129 Å². The van der Waals surface area contributed by atoms with Crippen molar-refractivity contribution < 1.29 is 28.1 Å². The molecule has 2 aliphatic rings. The van der Waals surface area contributed by atoms with Gasteiger partial charge in [0.25, 0.3) is 0 Å². The fourth-order valence-electron chi connectivity index (χ4n) is 8.83. The van der Waals surface area contributed by atoms with Gasteiger partial charge in [0.1, 0.15) is 36.9 Å². The largest absolute Gasteiger partial charge is 0.491 e. The molecule has 0 bridgehead atoms. The summed E-state index contributed by atoms with van der Waals surface area (Å²) in [5.41, 5.74) is 5.09. The molecule has 0 spiro atoms. The number of hydrogen-bond acceptors (Lipinski definition) is 10. The summed E-state index contributed by atoms with van der Waals surface area (Å²) in [5, 5.41) is 21.8. The van der Waals surface area contributed by atoms with Gasteiger partial charge in [-0.25, -0.2) is 8.42 Å². The Labute approximate surface area is 372 Å². The maximum absolute atomic E-state index is 13.5. The third kappa shape index (κ3) is 11.6. The van der Waals surface area contributed by atoms with Crippen molar-refractivity contribution in [2.24, 2.45) is 0 Å². The Morgan fingerprint density at radius 1 is 0.413 bits per heavy atom. The van der Waals surface area contributed by atoms with Gasteiger partial charge in [0.05, 0.1) is 21.9 Å². The minimum absolute atomic E-state index is 0.0969. The van der Waals surface area contributed by atoms with E-state index in [-0.39, 0.29) is 35.1 Å². The molecule has 2 fully saturated rings. The quantitative estimate of drug-likeness (QED) is 0.0958. The molecule has 2 heterocycles. The van der Waals surface area contributed by atoms with Gasteiger partial charge in [-0.1, -0.05) is 121 Å². The van der Waals surface area contributed by atoms with Gasteiger partial charge in [-0.2, -0.15) is 0 Å². The minimum Gasteiger partial charge on any atom is -0.491 e. The van der Waals surface area contributed by atoms with E-state index in [2.05, 4.69) is 117 Å². The third-order valence-corrected chi connectivity index (χ3v) is 13.9. The second kappa shape index (κ2) is 21.3. The molecule has 6 aromatic rings. The van der Waals surface area contributed by atoms with Crippen LogP contribution in [0.2, 0.25) is 0 Å². The molecule has 11 heteroatoms.